The molecule has 0 aromatic carbocycles. The average Bonchev–Trinajstić information content (AvgIpc) is 2.16. The number of halogens is 3. The van der Waals surface area contributed by atoms with Crippen LogP contribution in [0.5, 0.6) is 0 Å². The van der Waals surface area contributed by atoms with Gasteiger partial charge in [0.25, 0.3) is 4.63 Å². The van der Waals surface area contributed by atoms with E-state index in [1.165, 1.54) is 0 Å². The molecule has 1 unspecified atom stereocenters. The van der Waals surface area contributed by atoms with Gasteiger partial charge in [0, 0.05) is 17.1 Å². The SMILES string of the molecule is OB(O)OC1(Br)N=NC(Br)=C1Br.[Cu]. The molecule has 10 heteroatoms. The van der Waals surface area contributed by atoms with Crippen LogP contribution in [0.15, 0.2) is 19.3 Å². The largest absolute Gasteiger partial charge is 0.636 e. The number of azo groups is 1. The Bertz CT molecular complexity index is 262. The van der Waals surface area contributed by atoms with Crippen LogP contribution in [0.2, 0.25) is 0 Å². The van der Waals surface area contributed by atoms with Gasteiger partial charge in [-0.05, 0) is 47.8 Å². The first-order valence-corrected chi connectivity index (χ1v) is 5.05. The Labute approximate surface area is 110 Å². The second kappa shape index (κ2) is 5.36. The summed E-state index contributed by atoms with van der Waals surface area (Å²) < 4.78 is 4.14. The summed E-state index contributed by atoms with van der Waals surface area (Å²) in [6, 6.07) is 0. The van der Waals surface area contributed by atoms with Crippen LogP contribution in [0.25, 0.3) is 0 Å². The maximum Gasteiger partial charge on any atom is 0.636 e. The van der Waals surface area contributed by atoms with Crippen LogP contribution in [0.1, 0.15) is 0 Å². The molecule has 1 aliphatic rings. The minimum Gasteiger partial charge on any atom is -0.402 e. The molecule has 0 aromatic heterocycles. The third kappa shape index (κ3) is 3.38. The molecule has 13 heavy (non-hydrogen) atoms. The Hall–Kier alpha value is 1.24. The first kappa shape index (κ1) is 14.2. The minimum absolute atomic E-state index is 0. The Morgan fingerprint density at radius 2 is 1.92 bits per heavy atom. The quantitative estimate of drug-likeness (QED) is 0.398. The van der Waals surface area contributed by atoms with Crippen molar-refractivity contribution in [2.24, 2.45) is 10.2 Å². The summed E-state index contributed by atoms with van der Waals surface area (Å²) in [6.45, 7) is 0. The van der Waals surface area contributed by atoms with Gasteiger partial charge in [0.05, 0.1) is 4.48 Å². The van der Waals surface area contributed by atoms with Gasteiger partial charge < -0.3 is 14.7 Å². The van der Waals surface area contributed by atoms with Gasteiger partial charge >= 0.3 is 7.32 Å². The van der Waals surface area contributed by atoms with Crippen molar-refractivity contribution in [1.29, 1.82) is 0 Å². The number of hydrogen-bond donors (Lipinski definition) is 2. The van der Waals surface area contributed by atoms with E-state index in [9.17, 15) is 0 Å². The summed E-state index contributed by atoms with van der Waals surface area (Å²) in [6.07, 6.45) is 0. The van der Waals surface area contributed by atoms with E-state index in [4.69, 9.17) is 10.0 Å². The van der Waals surface area contributed by atoms with Gasteiger partial charge in [0.1, 0.15) is 4.61 Å². The fraction of sp³-hybridized carbons (Fsp3) is 0.333. The molecule has 2 N–H and O–H groups in total. The maximum atomic E-state index is 8.52. The zero-order valence-corrected chi connectivity index (χ0v) is 11.4. The molecule has 77 valence electrons. The van der Waals surface area contributed by atoms with Crippen molar-refractivity contribution in [2.45, 2.75) is 4.63 Å². The molecule has 0 aliphatic carbocycles. The third-order valence-corrected chi connectivity index (χ3v) is 4.25. The summed E-state index contributed by atoms with van der Waals surface area (Å²) in [5.74, 6) is 0. The van der Waals surface area contributed by atoms with Crippen LogP contribution in [-0.2, 0) is 21.7 Å². The monoisotopic (exact) mass is 425 g/mol. The van der Waals surface area contributed by atoms with Crippen molar-refractivity contribution in [1.82, 2.24) is 0 Å². The van der Waals surface area contributed by atoms with Gasteiger partial charge in [-0.2, -0.15) is 0 Å². The fourth-order valence-corrected chi connectivity index (χ4v) is 1.84. The first-order valence-electron chi connectivity index (χ1n) is 2.67. The maximum absolute atomic E-state index is 8.52. The molecule has 0 saturated heterocycles. The zero-order chi connectivity index (χ0) is 9.35. The molecular weight excluding hydrogens is 426 g/mol. The van der Waals surface area contributed by atoms with Crippen molar-refractivity contribution >= 4 is 55.1 Å². The van der Waals surface area contributed by atoms with Gasteiger partial charge in [-0.3, -0.25) is 0 Å². The van der Waals surface area contributed by atoms with E-state index in [1.54, 1.807) is 0 Å². The van der Waals surface area contributed by atoms with Gasteiger partial charge in [0.15, 0.2) is 0 Å². The summed E-state index contributed by atoms with van der Waals surface area (Å²) in [5, 5.41) is 24.3. The van der Waals surface area contributed by atoms with Gasteiger partial charge in [-0.15, -0.1) is 10.2 Å². The van der Waals surface area contributed by atoms with Crippen molar-refractivity contribution < 1.29 is 31.8 Å². The van der Waals surface area contributed by atoms with Crippen molar-refractivity contribution in [3.8, 4) is 0 Å². The van der Waals surface area contributed by atoms with E-state index in [0.29, 0.717) is 9.09 Å². The minimum atomic E-state index is -1.92. The predicted octanol–water partition coefficient (Wildman–Crippen LogP) is 1.44. The molecule has 0 saturated carbocycles. The molecule has 0 aromatic rings. The molecule has 1 atom stereocenters. The smallest absolute Gasteiger partial charge is 0.402 e. The number of rotatable bonds is 2. The second-order valence-electron chi connectivity index (χ2n) is 1.81. The Morgan fingerprint density at radius 1 is 1.38 bits per heavy atom. The predicted molar refractivity (Wildman–Crippen MR) is 52.7 cm³/mol. The van der Waals surface area contributed by atoms with E-state index >= 15 is 0 Å². The summed E-state index contributed by atoms with van der Waals surface area (Å²) >= 11 is 9.19. The topological polar surface area (TPSA) is 74.4 Å². The molecule has 1 heterocycles. The van der Waals surface area contributed by atoms with Crippen LogP contribution in [0.4, 0.5) is 0 Å². The average molecular weight is 428 g/mol. The number of hydrogen-bond acceptors (Lipinski definition) is 5. The van der Waals surface area contributed by atoms with Crippen molar-refractivity contribution in [3.63, 3.8) is 0 Å². The molecule has 1 rings (SSSR count). The van der Waals surface area contributed by atoms with Crippen LogP contribution in [-0.4, -0.2) is 22.0 Å². The summed E-state index contributed by atoms with van der Waals surface area (Å²) in [7, 11) is -1.92. The van der Waals surface area contributed by atoms with Gasteiger partial charge in [0.2, 0.25) is 0 Å². The summed E-state index contributed by atoms with van der Waals surface area (Å²) in [5.41, 5.74) is 0. The Balaban J connectivity index is 0.00000144. The molecule has 1 radical (unpaired) electrons. The van der Waals surface area contributed by atoms with Crippen LogP contribution in [0, 0.1) is 0 Å². The molecular formula is C3H2BBr3CuN2O3. The Kier molecular flexibility index (Phi) is 5.87. The third-order valence-electron chi connectivity index (χ3n) is 0.980. The zero-order valence-electron chi connectivity index (χ0n) is 5.71. The second-order valence-corrected chi connectivity index (χ2v) is 4.43. The van der Waals surface area contributed by atoms with Crippen LogP contribution < -0.4 is 0 Å². The van der Waals surface area contributed by atoms with E-state index in [1.807, 2.05) is 0 Å². The molecule has 0 bridgehead atoms. The normalized spacial score (nSPS) is 26.2. The number of alkyl halides is 1. The molecule has 1 aliphatic heterocycles. The number of nitrogens with zero attached hydrogens (tertiary/aromatic N) is 2. The van der Waals surface area contributed by atoms with Crippen LogP contribution in [0.3, 0.4) is 0 Å². The van der Waals surface area contributed by atoms with Crippen molar-refractivity contribution in [2.75, 3.05) is 0 Å². The van der Waals surface area contributed by atoms with E-state index in [2.05, 4.69) is 62.7 Å². The molecule has 5 nitrogen and oxygen atoms in total. The van der Waals surface area contributed by atoms with Gasteiger partial charge in [-0.1, -0.05) is 0 Å². The molecule has 0 fully saturated rings. The molecule has 0 amide bonds. The standard InChI is InChI=1S/C3H2BBr3N2O3.Cu/c5-1-2(6)8-9-3(1,7)12-4(10)11;/h10-11H;. The Morgan fingerprint density at radius 3 is 2.23 bits per heavy atom. The van der Waals surface area contributed by atoms with E-state index in [-0.39, 0.29) is 17.1 Å². The summed E-state index contributed by atoms with van der Waals surface area (Å²) in [4.78, 5) is 0. The fourth-order valence-electron chi connectivity index (χ4n) is 0.538. The van der Waals surface area contributed by atoms with E-state index in [0.717, 1.165) is 0 Å². The van der Waals surface area contributed by atoms with Gasteiger partial charge in [-0.25, -0.2) is 0 Å². The molecule has 0 spiro atoms. The van der Waals surface area contributed by atoms with E-state index < -0.39 is 12.0 Å². The first-order chi connectivity index (χ1) is 5.46. The van der Waals surface area contributed by atoms with Crippen molar-refractivity contribution in [3.05, 3.63) is 9.09 Å². The van der Waals surface area contributed by atoms with Crippen LogP contribution >= 0.6 is 47.8 Å².